The molecule has 0 saturated heterocycles. The normalized spacial score (nSPS) is 10.4. The number of pyridine rings is 1. The van der Waals surface area contributed by atoms with Crippen LogP contribution >= 0.6 is 0 Å². The topological polar surface area (TPSA) is 76.7 Å². The van der Waals surface area contributed by atoms with Crippen molar-refractivity contribution in [3.05, 3.63) is 42.0 Å². The summed E-state index contributed by atoms with van der Waals surface area (Å²) in [5.74, 6) is 2.09. The van der Waals surface area contributed by atoms with Gasteiger partial charge in [0.25, 0.3) is 0 Å². The fraction of sp³-hybridized carbons (Fsp3) is 0.357. The van der Waals surface area contributed by atoms with Gasteiger partial charge in [0.1, 0.15) is 17.5 Å². The summed E-state index contributed by atoms with van der Waals surface area (Å²) >= 11 is 0. The van der Waals surface area contributed by atoms with Gasteiger partial charge in [-0.15, -0.1) is 0 Å². The van der Waals surface area contributed by atoms with Crippen molar-refractivity contribution in [2.45, 2.75) is 26.2 Å². The Labute approximate surface area is 113 Å². The fourth-order valence-electron chi connectivity index (χ4n) is 1.81. The first kappa shape index (κ1) is 13.3. The zero-order chi connectivity index (χ0) is 13.5. The molecule has 0 unspecified atom stereocenters. The first-order valence-electron chi connectivity index (χ1n) is 6.55. The fourth-order valence-corrected chi connectivity index (χ4v) is 1.81. The summed E-state index contributed by atoms with van der Waals surface area (Å²) in [5, 5.41) is 3.26. The van der Waals surface area contributed by atoms with E-state index in [2.05, 4.69) is 27.2 Å². The minimum Gasteiger partial charge on any atom is -0.384 e. The van der Waals surface area contributed by atoms with Gasteiger partial charge in [-0.25, -0.2) is 9.97 Å². The average Bonchev–Trinajstić information content (AvgIpc) is 2.40. The number of nitrogen functional groups attached to an aromatic ring is 1. The highest BCUT2D eigenvalue weighted by molar-refractivity contribution is 5.44. The van der Waals surface area contributed by atoms with Crippen molar-refractivity contribution in [1.82, 2.24) is 15.0 Å². The van der Waals surface area contributed by atoms with E-state index in [0.717, 1.165) is 43.1 Å². The molecule has 0 aliphatic rings. The summed E-state index contributed by atoms with van der Waals surface area (Å²) in [6, 6.07) is 7.68. The van der Waals surface area contributed by atoms with Crippen LogP contribution in [0.3, 0.4) is 0 Å². The molecule has 3 N–H and O–H groups in total. The minimum absolute atomic E-state index is 0.513. The highest BCUT2D eigenvalue weighted by Crippen LogP contribution is 2.09. The Bertz CT molecular complexity index is 512. The molecule has 2 heterocycles. The first-order chi connectivity index (χ1) is 9.28. The van der Waals surface area contributed by atoms with Gasteiger partial charge in [-0.05, 0) is 18.6 Å². The van der Waals surface area contributed by atoms with E-state index in [1.807, 2.05) is 18.2 Å². The molecule has 0 spiro atoms. The summed E-state index contributed by atoms with van der Waals surface area (Å²) in [4.78, 5) is 12.9. The van der Waals surface area contributed by atoms with E-state index in [9.17, 15) is 0 Å². The van der Waals surface area contributed by atoms with E-state index in [1.165, 1.54) is 0 Å². The summed E-state index contributed by atoms with van der Waals surface area (Å²) < 4.78 is 0. The zero-order valence-electron chi connectivity index (χ0n) is 11.1. The Morgan fingerprint density at radius 2 is 2.11 bits per heavy atom. The molecule has 0 bridgehead atoms. The van der Waals surface area contributed by atoms with Crippen molar-refractivity contribution in [3.8, 4) is 0 Å². The summed E-state index contributed by atoms with van der Waals surface area (Å²) in [6.45, 7) is 2.87. The molecule has 0 aliphatic carbocycles. The molecule has 0 amide bonds. The van der Waals surface area contributed by atoms with Crippen LogP contribution in [0, 0.1) is 0 Å². The molecule has 5 heteroatoms. The first-order valence-corrected chi connectivity index (χ1v) is 6.55. The van der Waals surface area contributed by atoms with Gasteiger partial charge in [-0.3, -0.25) is 4.98 Å². The molecule has 0 atom stereocenters. The third-order valence-corrected chi connectivity index (χ3v) is 2.68. The van der Waals surface area contributed by atoms with Crippen LogP contribution in [-0.2, 0) is 12.8 Å². The van der Waals surface area contributed by atoms with Gasteiger partial charge in [0.2, 0.25) is 0 Å². The number of aryl methyl sites for hydroxylation is 1. The van der Waals surface area contributed by atoms with E-state index in [4.69, 9.17) is 5.73 Å². The number of hydrogen-bond acceptors (Lipinski definition) is 5. The lowest BCUT2D eigenvalue weighted by Gasteiger charge is -2.07. The van der Waals surface area contributed by atoms with E-state index in [-0.39, 0.29) is 0 Å². The van der Waals surface area contributed by atoms with Crippen LogP contribution in [0.4, 0.5) is 11.6 Å². The van der Waals surface area contributed by atoms with Crippen LogP contribution in [0.25, 0.3) is 0 Å². The average molecular weight is 257 g/mol. The molecule has 2 aromatic rings. The van der Waals surface area contributed by atoms with E-state index in [0.29, 0.717) is 5.82 Å². The van der Waals surface area contributed by atoms with E-state index < -0.39 is 0 Å². The Balaban J connectivity index is 1.92. The Hall–Kier alpha value is -2.17. The smallest absolute Gasteiger partial charge is 0.133 e. The molecule has 0 saturated carbocycles. The summed E-state index contributed by atoms with van der Waals surface area (Å²) in [6.07, 6.45) is 4.52. The lowest BCUT2D eigenvalue weighted by molar-refractivity contribution is 0.835. The lowest BCUT2D eigenvalue weighted by Crippen LogP contribution is -2.10. The molecular weight excluding hydrogens is 238 g/mol. The number of rotatable bonds is 6. The van der Waals surface area contributed by atoms with Crippen molar-refractivity contribution in [3.63, 3.8) is 0 Å². The number of nitrogens with zero attached hydrogens (tertiary/aromatic N) is 3. The molecule has 100 valence electrons. The van der Waals surface area contributed by atoms with Crippen LogP contribution in [0.2, 0.25) is 0 Å². The number of hydrogen-bond donors (Lipinski definition) is 2. The van der Waals surface area contributed by atoms with Crippen molar-refractivity contribution < 1.29 is 0 Å². The van der Waals surface area contributed by atoms with Crippen molar-refractivity contribution >= 4 is 11.6 Å². The second-order valence-electron chi connectivity index (χ2n) is 4.34. The van der Waals surface area contributed by atoms with Crippen molar-refractivity contribution in [2.24, 2.45) is 0 Å². The van der Waals surface area contributed by atoms with Gasteiger partial charge in [-0.2, -0.15) is 0 Å². The van der Waals surface area contributed by atoms with Gasteiger partial charge < -0.3 is 11.1 Å². The Morgan fingerprint density at radius 3 is 2.84 bits per heavy atom. The van der Waals surface area contributed by atoms with E-state index >= 15 is 0 Å². The van der Waals surface area contributed by atoms with Crippen LogP contribution in [0.1, 0.15) is 24.9 Å². The second-order valence-corrected chi connectivity index (χ2v) is 4.34. The number of aromatic nitrogens is 3. The maximum absolute atomic E-state index is 5.77. The molecular formula is C14H19N5. The predicted molar refractivity (Wildman–Crippen MR) is 76.9 cm³/mol. The van der Waals surface area contributed by atoms with Gasteiger partial charge in [0.05, 0.1) is 0 Å². The highest BCUT2D eigenvalue weighted by atomic mass is 15.0. The number of anilines is 2. The summed E-state index contributed by atoms with van der Waals surface area (Å²) in [7, 11) is 0. The third kappa shape index (κ3) is 4.21. The molecule has 0 radical (unpaired) electrons. The molecule has 2 aromatic heterocycles. The summed E-state index contributed by atoms with van der Waals surface area (Å²) in [5.41, 5.74) is 6.83. The SMILES string of the molecule is CCCc1nc(N)cc(NCCc2ccccn2)n1. The Kier molecular flexibility index (Phi) is 4.66. The van der Waals surface area contributed by atoms with Crippen LogP contribution in [0.5, 0.6) is 0 Å². The maximum Gasteiger partial charge on any atom is 0.133 e. The van der Waals surface area contributed by atoms with Crippen molar-refractivity contribution in [1.29, 1.82) is 0 Å². The van der Waals surface area contributed by atoms with Gasteiger partial charge in [-0.1, -0.05) is 13.0 Å². The Morgan fingerprint density at radius 1 is 1.21 bits per heavy atom. The minimum atomic E-state index is 0.513. The van der Waals surface area contributed by atoms with Crippen LogP contribution in [0.15, 0.2) is 30.5 Å². The lowest BCUT2D eigenvalue weighted by atomic mass is 10.3. The van der Waals surface area contributed by atoms with Gasteiger partial charge in [0, 0.05) is 37.3 Å². The van der Waals surface area contributed by atoms with Gasteiger partial charge in [0.15, 0.2) is 0 Å². The monoisotopic (exact) mass is 257 g/mol. The largest absolute Gasteiger partial charge is 0.384 e. The van der Waals surface area contributed by atoms with Crippen LogP contribution in [-0.4, -0.2) is 21.5 Å². The van der Waals surface area contributed by atoms with Gasteiger partial charge >= 0.3 is 0 Å². The number of nitrogens with two attached hydrogens (primary N) is 1. The molecule has 5 nitrogen and oxygen atoms in total. The molecule has 19 heavy (non-hydrogen) atoms. The van der Waals surface area contributed by atoms with Crippen LogP contribution < -0.4 is 11.1 Å². The second kappa shape index (κ2) is 6.68. The zero-order valence-corrected chi connectivity index (χ0v) is 11.1. The van der Waals surface area contributed by atoms with E-state index in [1.54, 1.807) is 12.3 Å². The molecule has 2 rings (SSSR count). The third-order valence-electron chi connectivity index (χ3n) is 2.68. The highest BCUT2D eigenvalue weighted by Gasteiger charge is 2.02. The number of nitrogens with one attached hydrogen (secondary N) is 1. The molecule has 0 fully saturated rings. The quantitative estimate of drug-likeness (QED) is 0.828. The predicted octanol–water partition coefficient (Wildman–Crippen LogP) is 2.06. The maximum atomic E-state index is 5.77. The standard InChI is InChI=1S/C14H19N5/c1-2-5-13-18-12(15)10-14(19-13)17-9-7-11-6-3-4-8-16-11/h3-4,6,8,10H,2,5,7,9H2,1H3,(H3,15,17,18,19). The molecule has 0 aliphatic heterocycles. The van der Waals surface area contributed by atoms with Crippen molar-refractivity contribution in [2.75, 3.05) is 17.6 Å². The molecule has 0 aromatic carbocycles.